The lowest BCUT2D eigenvalue weighted by Crippen LogP contribution is -2.50. The SMILES string of the molecule is CS(=O)(=O)N1CCc2cc(C(=O)N3CCN(C(=O)c4ccc(F)cc4Cl)CC3)ccc21. The van der Waals surface area contributed by atoms with Crippen LogP contribution in [-0.4, -0.2) is 69.0 Å². The predicted molar refractivity (Wildman–Crippen MR) is 116 cm³/mol. The quantitative estimate of drug-likeness (QED) is 0.697. The number of hydrogen-bond acceptors (Lipinski definition) is 4. The molecule has 31 heavy (non-hydrogen) atoms. The molecule has 0 saturated carbocycles. The van der Waals surface area contributed by atoms with Crippen LogP contribution in [0.5, 0.6) is 0 Å². The van der Waals surface area contributed by atoms with Gasteiger partial charge in [0.15, 0.2) is 0 Å². The van der Waals surface area contributed by atoms with E-state index in [1.54, 1.807) is 28.0 Å². The summed E-state index contributed by atoms with van der Waals surface area (Å²) in [6.07, 6.45) is 1.73. The van der Waals surface area contributed by atoms with E-state index in [1.165, 1.54) is 22.7 Å². The molecule has 1 saturated heterocycles. The lowest BCUT2D eigenvalue weighted by molar-refractivity contribution is 0.0535. The lowest BCUT2D eigenvalue weighted by Gasteiger charge is -2.35. The number of sulfonamides is 1. The van der Waals surface area contributed by atoms with Crippen molar-refractivity contribution >= 4 is 39.1 Å². The minimum absolute atomic E-state index is 0.0600. The van der Waals surface area contributed by atoms with Gasteiger partial charge in [0.2, 0.25) is 10.0 Å². The van der Waals surface area contributed by atoms with Crippen molar-refractivity contribution in [3.8, 4) is 0 Å². The Hall–Kier alpha value is -2.65. The molecule has 2 amide bonds. The van der Waals surface area contributed by atoms with Crippen molar-refractivity contribution < 1.29 is 22.4 Å². The summed E-state index contributed by atoms with van der Waals surface area (Å²) in [5, 5.41) is 0.0600. The van der Waals surface area contributed by atoms with Crippen LogP contribution < -0.4 is 4.31 Å². The molecule has 2 heterocycles. The highest BCUT2D eigenvalue weighted by molar-refractivity contribution is 7.92. The standard InChI is InChI=1S/C21H21ClFN3O4S/c1-31(29,30)26-7-6-14-12-15(2-5-19(14)26)20(27)24-8-10-25(11-9-24)21(28)17-4-3-16(23)13-18(17)22/h2-5,12-13H,6-11H2,1H3. The van der Waals surface area contributed by atoms with Gasteiger partial charge in [-0.3, -0.25) is 13.9 Å². The molecule has 164 valence electrons. The molecular weight excluding hydrogens is 445 g/mol. The number of benzene rings is 2. The number of fused-ring (bicyclic) bond motifs is 1. The van der Waals surface area contributed by atoms with E-state index in [9.17, 15) is 22.4 Å². The van der Waals surface area contributed by atoms with Crippen molar-refractivity contribution in [3.05, 3.63) is 63.9 Å². The second-order valence-corrected chi connectivity index (χ2v) is 9.95. The zero-order valence-electron chi connectivity index (χ0n) is 16.8. The number of carbonyl (C=O) groups excluding carboxylic acids is 2. The van der Waals surface area contributed by atoms with Gasteiger partial charge in [-0.2, -0.15) is 0 Å². The Morgan fingerprint density at radius 3 is 2.19 bits per heavy atom. The van der Waals surface area contributed by atoms with Crippen LogP contribution >= 0.6 is 11.6 Å². The predicted octanol–water partition coefficient (Wildman–Crippen LogP) is 2.40. The third kappa shape index (κ3) is 4.24. The summed E-state index contributed by atoms with van der Waals surface area (Å²) in [5.41, 5.74) is 2.18. The highest BCUT2D eigenvalue weighted by Gasteiger charge is 2.29. The van der Waals surface area contributed by atoms with Crippen molar-refractivity contribution in [3.63, 3.8) is 0 Å². The van der Waals surface area contributed by atoms with E-state index in [1.807, 2.05) is 0 Å². The van der Waals surface area contributed by atoms with Gasteiger partial charge in [0.1, 0.15) is 5.82 Å². The second kappa shape index (κ2) is 8.12. The van der Waals surface area contributed by atoms with Crippen LogP contribution in [0.2, 0.25) is 5.02 Å². The summed E-state index contributed by atoms with van der Waals surface area (Å²) in [6, 6.07) is 8.72. The van der Waals surface area contributed by atoms with Gasteiger partial charge >= 0.3 is 0 Å². The Morgan fingerprint density at radius 1 is 0.935 bits per heavy atom. The number of nitrogens with zero attached hydrogens (tertiary/aromatic N) is 3. The van der Waals surface area contributed by atoms with Gasteiger partial charge in [-0.05, 0) is 48.4 Å². The molecule has 0 atom stereocenters. The summed E-state index contributed by atoms with van der Waals surface area (Å²) in [5.74, 6) is -0.964. The van der Waals surface area contributed by atoms with E-state index >= 15 is 0 Å². The fraction of sp³-hybridized carbons (Fsp3) is 0.333. The highest BCUT2D eigenvalue weighted by atomic mass is 35.5. The Labute approximate surface area is 185 Å². The first kappa shape index (κ1) is 21.6. The number of hydrogen-bond donors (Lipinski definition) is 0. The number of halogens is 2. The molecular formula is C21H21ClFN3O4S. The largest absolute Gasteiger partial charge is 0.335 e. The lowest BCUT2D eigenvalue weighted by atomic mass is 10.1. The van der Waals surface area contributed by atoms with Crippen molar-refractivity contribution in [2.75, 3.05) is 43.3 Å². The van der Waals surface area contributed by atoms with E-state index in [4.69, 9.17) is 11.6 Å². The molecule has 0 aliphatic carbocycles. The first-order valence-corrected chi connectivity index (χ1v) is 12.0. The molecule has 0 radical (unpaired) electrons. The van der Waals surface area contributed by atoms with Crippen LogP contribution in [0.15, 0.2) is 36.4 Å². The molecule has 0 unspecified atom stereocenters. The van der Waals surface area contributed by atoms with Gasteiger partial charge in [0, 0.05) is 38.3 Å². The summed E-state index contributed by atoms with van der Waals surface area (Å²) in [4.78, 5) is 28.9. The summed E-state index contributed by atoms with van der Waals surface area (Å²) in [7, 11) is -3.34. The van der Waals surface area contributed by atoms with Crippen molar-refractivity contribution in [2.24, 2.45) is 0 Å². The van der Waals surface area contributed by atoms with E-state index < -0.39 is 15.8 Å². The van der Waals surface area contributed by atoms with Crippen LogP contribution in [0, 0.1) is 5.82 Å². The minimum atomic E-state index is -3.34. The maximum Gasteiger partial charge on any atom is 0.255 e. The fourth-order valence-corrected chi connectivity index (χ4v) is 5.18. The van der Waals surface area contributed by atoms with Gasteiger partial charge < -0.3 is 9.80 Å². The van der Waals surface area contributed by atoms with Crippen molar-refractivity contribution in [1.29, 1.82) is 0 Å². The maximum atomic E-state index is 13.2. The van der Waals surface area contributed by atoms with Crippen LogP contribution in [0.25, 0.3) is 0 Å². The number of rotatable bonds is 3. The summed E-state index contributed by atoms with van der Waals surface area (Å²) >= 11 is 5.99. The Balaban J connectivity index is 1.42. The van der Waals surface area contributed by atoms with Gasteiger partial charge in [-0.25, -0.2) is 12.8 Å². The van der Waals surface area contributed by atoms with Crippen LogP contribution in [0.1, 0.15) is 26.3 Å². The average molecular weight is 466 g/mol. The molecule has 2 aromatic carbocycles. The zero-order chi connectivity index (χ0) is 22.3. The molecule has 1 fully saturated rings. The number of anilines is 1. The molecule has 0 aromatic heterocycles. The molecule has 0 N–H and O–H groups in total. The van der Waals surface area contributed by atoms with Crippen LogP contribution in [0.3, 0.4) is 0 Å². The fourth-order valence-electron chi connectivity index (χ4n) is 3.98. The third-order valence-corrected chi connectivity index (χ3v) is 7.09. The molecule has 2 aliphatic heterocycles. The molecule has 7 nitrogen and oxygen atoms in total. The topological polar surface area (TPSA) is 78.0 Å². The van der Waals surface area contributed by atoms with Crippen molar-refractivity contribution in [1.82, 2.24) is 9.80 Å². The Morgan fingerprint density at radius 2 is 1.58 bits per heavy atom. The van der Waals surface area contributed by atoms with Gasteiger partial charge in [0.25, 0.3) is 11.8 Å². The number of piperazine rings is 1. The minimum Gasteiger partial charge on any atom is -0.335 e. The van der Waals surface area contributed by atoms with E-state index in [0.29, 0.717) is 50.4 Å². The monoisotopic (exact) mass is 465 g/mol. The Kier molecular flexibility index (Phi) is 5.65. The first-order valence-electron chi connectivity index (χ1n) is 9.79. The smallest absolute Gasteiger partial charge is 0.255 e. The van der Waals surface area contributed by atoms with Gasteiger partial charge in [-0.15, -0.1) is 0 Å². The molecule has 2 aromatic rings. The number of carbonyl (C=O) groups is 2. The summed E-state index contributed by atoms with van der Waals surface area (Å²) < 4.78 is 38.3. The van der Waals surface area contributed by atoms with Gasteiger partial charge in [0.05, 0.1) is 22.5 Å². The normalized spacial score (nSPS) is 16.4. The Bertz CT molecular complexity index is 1160. The summed E-state index contributed by atoms with van der Waals surface area (Å²) in [6.45, 7) is 1.76. The van der Waals surface area contributed by atoms with E-state index in [0.717, 1.165) is 11.6 Å². The second-order valence-electron chi connectivity index (χ2n) is 7.64. The van der Waals surface area contributed by atoms with E-state index in [2.05, 4.69) is 0 Å². The number of amides is 2. The molecule has 2 aliphatic rings. The van der Waals surface area contributed by atoms with Crippen LogP contribution in [0.4, 0.5) is 10.1 Å². The highest BCUT2D eigenvalue weighted by Crippen LogP contribution is 2.31. The van der Waals surface area contributed by atoms with Crippen LogP contribution in [-0.2, 0) is 16.4 Å². The molecule has 0 spiro atoms. The van der Waals surface area contributed by atoms with Crippen molar-refractivity contribution in [2.45, 2.75) is 6.42 Å². The third-order valence-electron chi connectivity index (χ3n) is 5.60. The molecule has 0 bridgehead atoms. The average Bonchev–Trinajstić information content (AvgIpc) is 3.17. The van der Waals surface area contributed by atoms with Gasteiger partial charge in [-0.1, -0.05) is 11.6 Å². The molecule has 4 rings (SSSR count). The first-order chi connectivity index (χ1) is 14.6. The maximum absolute atomic E-state index is 13.2. The molecule has 10 heteroatoms. The zero-order valence-corrected chi connectivity index (χ0v) is 18.4. The van der Waals surface area contributed by atoms with E-state index in [-0.39, 0.29) is 22.4 Å².